The van der Waals surface area contributed by atoms with Crippen molar-refractivity contribution in [1.82, 2.24) is 5.32 Å². The number of nitrogens with zero attached hydrogens (tertiary/aromatic N) is 1. The second kappa shape index (κ2) is 6.23. The van der Waals surface area contributed by atoms with Crippen molar-refractivity contribution in [3.8, 4) is 0 Å². The standard InChI is InChI=1S/C9H19N3O3/c1-4-9(2,7(10)12-14)8(13)11-5-6-15-3/h14H,4-6H2,1-3H3,(H2,10,12)(H,11,13). The summed E-state index contributed by atoms with van der Waals surface area (Å²) in [7, 11) is 1.55. The van der Waals surface area contributed by atoms with Crippen molar-refractivity contribution < 1.29 is 14.7 Å². The number of oxime groups is 1. The van der Waals surface area contributed by atoms with Crippen LogP contribution in [0.15, 0.2) is 5.16 Å². The van der Waals surface area contributed by atoms with Gasteiger partial charge in [-0.2, -0.15) is 0 Å². The van der Waals surface area contributed by atoms with E-state index in [2.05, 4.69) is 10.5 Å². The molecule has 6 heteroatoms. The van der Waals surface area contributed by atoms with Gasteiger partial charge in [-0.1, -0.05) is 12.1 Å². The number of ether oxygens (including phenoxy) is 1. The molecule has 1 unspecified atom stereocenters. The van der Waals surface area contributed by atoms with Gasteiger partial charge in [-0.3, -0.25) is 4.79 Å². The number of rotatable bonds is 6. The first kappa shape index (κ1) is 13.7. The molecule has 0 aromatic carbocycles. The van der Waals surface area contributed by atoms with Gasteiger partial charge in [0.1, 0.15) is 5.41 Å². The molecule has 88 valence electrons. The van der Waals surface area contributed by atoms with Crippen LogP contribution in [0.4, 0.5) is 0 Å². The summed E-state index contributed by atoms with van der Waals surface area (Å²) < 4.78 is 4.80. The van der Waals surface area contributed by atoms with Crippen LogP contribution in [-0.2, 0) is 9.53 Å². The lowest BCUT2D eigenvalue weighted by molar-refractivity contribution is -0.127. The number of hydrogen-bond acceptors (Lipinski definition) is 4. The van der Waals surface area contributed by atoms with Gasteiger partial charge in [-0.15, -0.1) is 0 Å². The van der Waals surface area contributed by atoms with Gasteiger partial charge in [0.2, 0.25) is 5.91 Å². The topological polar surface area (TPSA) is 96.9 Å². The Hall–Kier alpha value is -1.30. The molecule has 0 bridgehead atoms. The van der Waals surface area contributed by atoms with E-state index in [0.29, 0.717) is 19.6 Å². The first-order chi connectivity index (χ1) is 7.02. The van der Waals surface area contributed by atoms with Crippen LogP contribution in [0.25, 0.3) is 0 Å². The molecule has 0 heterocycles. The minimum absolute atomic E-state index is 0.0834. The van der Waals surface area contributed by atoms with Gasteiger partial charge < -0.3 is 21.0 Å². The summed E-state index contributed by atoms with van der Waals surface area (Å²) in [5.74, 6) is -0.350. The van der Waals surface area contributed by atoms with Gasteiger partial charge in [0.05, 0.1) is 6.61 Å². The molecular formula is C9H19N3O3. The Labute approximate surface area is 89.5 Å². The molecule has 4 N–H and O–H groups in total. The van der Waals surface area contributed by atoms with Crippen molar-refractivity contribution in [3.63, 3.8) is 0 Å². The lowest BCUT2D eigenvalue weighted by Gasteiger charge is -2.25. The van der Waals surface area contributed by atoms with E-state index in [-0.39, 0.29) is 11.7 Å². The lowest BCUT2D eigenvalue weighted by atomic mass is 9.85. The van der Waals surface area contributed by atoms with Gasteiger partial charge in [0.25, 0.3) is 0 Å². The molecule has 1 atom stereocenters. The number of methoxy groups -OCH3 is 1. The molecule has 6 nitrogen and oxygen atoms in total. The van der Waals surface area contributed by atoms with E-state index in [4.69, 9.17) is 15.7 Å². The average Bonchev–Trinajstić information content (AvgIpc) is 2.26. The predicted molar refractivity (Wildman–Crippen MR) is 56.7 cm³/mol. The average molecular weight is 217 g/mol. The van der Waals surface area contributed by atoms with Crippen LogP contribution in [0.2, 0.25) is 0 Å². The van der Waals surface area contributed by atoms with Crippen LogP contribution in [-0.4, -0.2) is 37.2 Å². The highest BCUT2D eigenvalue weighted by Gasteiger charge is 2.35. The zero-order valence-electron chi connectivity index (χ0n) is 9.41. The van der Waals surface area contributed by atoms with Crippen molar-refractivity contribution in [2.75, 3.05) is 20.3 Å². The zero-order valence-corrected chi connectivity index (χ0v) is 9.41. The van der Waals surface area contributed by atoms with E-state index < -0.39 is 5.41 Å². The molecule has 0 aliphatic carbocycles. The number of carbonyl (C=O) groups is 1. The molecule has 0 spiro atoms. The smallest absolute Gasteiger partial charge is 0.233 e. The normalized spacial score (nSPS) is 15.8. The Balaban J connectivity index is 4.46. The number of hydrogen-bond donors (Lipinski definition) is 3. The molecule has 0 aliphatic rings. The maximum atomic E-state index is 11.7. The first-order valence-corrected chi connectivity index (χ1v) is 4.78. The van der Waals surface area contributed by atoms with Gasteiger partial charge in [0, 0.05) is 13.7 Å². The van der Waals surface area contributed by atoms with Gasteiger partial charge >= 0.3 is 0 Å². The summed E-state index contributed by atoms with van der Waals surface area (Å²) in [5.41, 5.74) is 4.51. The van der Waals surface area contributed by atoms with E-state index in [1.54, 1.807) is 21.0 Å². The predicted octanol–water partition coefficient (Wildman–Crippen LogP) is -0.0883. The van der Waals surface area contributed by atoms with Crippen LogP contribution in [0.1, 0.15) is 20.3 Å². The third-order valence-corrected chi connectivity index (χ3v) is 2.47. The van der Waals surface area contributed by atoms with Crippen LogP contribution in [0.5, 0.6) is 0 Å². The van der Waals surface area contributed by atoms with Gasteiger partial charge in [0.15, 0.2) is 5.84 Å². The number of nitrogens with two attached hydrogens (primary N) is 1. The Morgan fingerprint density at radius 3 is 2.67 bits per heavy atom. The monoisotopic (exact) mass is 217 g/mol. The summed E-state index contributed by atoms with van der Waals surface area (Å²) in [6.07, 6.45) is 0.460. The van der Waals surface area contributed by atoms with Gasteiger partial charge in [-0.25, -0.2) is 0 Å². The molecule has 0 fully saturated rings. The number of amidine groups is 1. The third-order valence-electron chi connectivity index (χ3n) is 2.47. The highest BCUT2D eigenvalue weighted by atomic mass is 16.5. The highest BCUT2D eigenvalue weighted by molar-refractivity contribution is 6.06. The maximum Gasteiger partial charge on any atom is 0.233 e. The Kier molecular flexibility index (Phi) is 5.69. The second-order valence-electron chi connectivity index (χ2n) is 3.42. The molecule has 0 saturated carbocycles. The molecule has 0 saturated heterocycles. The fourth-order valence-electron chi connectivity index (χ4n) is 1.03. The molecule has 0 rings (SSSR count). The fraction of sp³-hybridized carbons (Fsp3) is 0.778. The van der Waals surface area contributed by atoms with Crippen molar-refractivity contribution >= 4 is 11.7 Å². The summed E-state index contributed by atoms with van der Waals surface area (Å²) in [5, 5.41) is 14.1. The second-order valence-corrected chi connectivity index (χ2v) is 3.42. The summed E-state index contributed by atoms with van der Waals surface area (Å²) in [4.78, 5) is 11.7. The van der Waals surface area contributed by atoms with Crippen LogP contribution in [0.3, 0.4) is 0 Å². The molecule has 0 aromatic heterocycles. The minimum atomic E-state index is -0.970. The maximum absolute atomic E-state index is 11.7. The third kappa shape index (κ3) is 3.39. The fourth-order valence-corrected chi connectivity index (χ4v) is 1.03. The molecule has 0 aromatic rings. The minimum Gasteiger partial charge on any atom is -0.409 e. The Morgan fingerprint density at radius 2 is 2.27 bits per heavy atom. The van der Waals surface area contributed by atoms with Crippen LogP contribution >= 0.6 is 0 Å². The number of carbonyl (C=O) groups excluding carboxylic acids is 1. The SMILES string of the molecule is CCC(C)(C(=O)NCCOC)C(N)=NO. The highest BCUT2D eigenvalue weighted by Crippen LogP contribution is 2.21. The molecule has 15 heavy (non-hydrogen) atoms. The summed E-state index contributed by atoms with van der Waals surface area (Å²) in [6.45, 7) is 4.27. The van der Waals surface area contributed by atoms with Gasteiger partial charge in [-0.05, 0) is 13.3 Å². The summed E-state index contributed by atoms with van der Waals surface area (Å²) >= 11 is 0. The van der Waals surface area contributed by atoms with E-state index >= 15 is 0 Å². The van der Waals surface area contributed by atoms with Crippen molar-refractivity contribution in [2.24, 2.45) is 16.3 Å². The van der Waals surface area contributed by atoms with E-state index in [9.17, 15) is 4.79 Å². The van der Waals surface area contributed by atoms with Crippen LogP contribution in [0, 0.1) is 5.41 Å². The number of nitrogens with one attached hydrogen (secondary N) is 1. The molecule has 0 radical (unpaired) electrons. The first-order valence-electron chi connectivity index (χ1n) is 4.78. The Morgan fingerprint density at radius 1 is 1.67 bits per heavy atom. The molecular weight excluding hydrogens is 198 g/mol. The van der Waals surface area contributed by atoms with Crippen molar-refractivity contribution in [1.29, 1.82) is 0 Å². The largest absolute Gasteiger partial charge is 0.409 e. The van der Waals surface area contributed by atoms with E-state index in [1.165, 1.54) is 0 Å². The van der Waals surface area contributed by atoms with Crippen LogP contribution < -0.4 is 11.1 Å². The molecule has 0 aliphatic heterocycles. The lowest BCUT2D eigenvalue weighted by Crippen LogP contribution is -2.48. The Bertz CT molecular complexity index is 243. The van der Waals surface area contributed by atoms with Crippen molar-refractivity contribution in [2.45, 2.75) is 20.3 Å². The van der Waals surface area contributed by atoms with E-state index in [0.717, 1.165) is 0 Å². The number of amides is 1. The van der Waals surface area contributed by atoms with E-state index in [1.807, 2.05) is 0 Å². The quantitative estimate of drug-likeness (QED) is 0.190. The van der Waals surface area contributed by atoms with Crippen molar-refractivity contribution in [3.05, 3.63) is 0 Å². The summed E-state index contributed by atoms with van der Waals surface area (Å²) in [6, 6.07) is 0. The zero-order chi connectivity index (χ0) is 11.9. The molecule has 1 amide bonds.